The molecule has 0 spiro atoms. The molecule has 7 heteroatoms. The van der Waals surface area contributed by atoms with Crippen LogP contribution in [0.3, 0.4) is 0 Å². The van der Waals surface area contributed by atoms with Crippen LogP contribution in [0, 0.1) is 6.92 Å². The van der Waals surface area contributed by atoms with E-state index in [1.54, 1.807) is 19.3 Å². The summed E-state index contributed by atoms with van der Waals surface area (Å²) in [5.41, 5.74) is 0.881. The van der Waals surface area contributed by atoms with Gasteiger partial charge in [0.25, 0.3) is 5.56 Å². The number of hydrogen-bond donors (Lipinski definition) is 1. The molecule has 0 aliphatic carbocycles. The van der Waals surface area contributed by atoms with E-state index in [9.17, 15) is 9.59 Å². The summed E-state index contributed by atoms with van der Waals surface area (Å²) in [7, 11) is 1.66. The van der Waals surface area contributed by atoms with Gasteiger partial charge in [0.1, 0.15) is 11.4 Å². The molecule has 3 aromatic heterocycles. The zero-order valence-corrected chi connectivity index (χ0v) is 12.6. The summed E-state index contributed by atoms with van der Waals surface area (Å²) in [6.07, 6.45) is 3.98. The zero-order chi connectivity index (χ0) is 15.7. The van der Waals surface area contributed by atoms with Crippen LogP contribution in [0.1, 0.15) is 24.3 Å². The van der Waals surface area contributed by atoms with Crippen molar-refractivity contribution < 1.29 is 4.52 Å². The second-order valence-electron chi connectivity index (χ2n) is 5.43. The monoisotopic (exact) mass is 302 g/mol. The lowest BCUT2D eigenvalue weighted by Crippen LogP contribution is -2.38. The third-order valence-corrected chi connectivity index (χ3v) is 3.79. The van der Waals surface area contributed by atoms with Gasteiger partial charge in [-0.3, -0.25) is 13.9 Å². The van der Waals surface area contributed by atoms with Gasteiger partial charge >= 0.3 is 5.69 Å². The number of aryl methyl sites for hydroxylation is 3. The minimum Gasteiger partial charge on any atom is -0.361 e. The molecule has 0 bridgehead atoms. The maximum Gasteiger partial charge on any atom is 0.332 e. The smallest absolute Gasteiger partial charge is 0.332 e. The minimum atomic E-state index is -0.296. The lowest BCUT2D eigenvalue weighted by molar-refractivity contribution is 0.374. The molecule has 1 N–H and O–H groups in total. The predicted octanol–water partition coefficient (Wildman–Crippen LogP) is 1.35. The average molecular weight is 302 g/mol. The molecular weight excluding hydrogens is 284 g/mol. The van der Waals surface area contributed by atoms with Gasteiger partial charge in [0, 0.05) is 32.3 Å². The van der Waals surface area contributed by atoms with Crippen LogP contribution >= 0.6 is 0 Å². The van der Waals surface area contributed by atoms with Crippen LogP contribution in [0.4, 0.5) is 0 Å². The van der Waals surface area contributed by atoms with Crippen molar-refractivity contribution in [1.82, 2.24) is 19.3 Å². The molecule has 116 valence electrons. The summed E-state index contributed by atoms with van der Waals surface area (Å²) in [6, 6.07) is 3.60. The number of fused-ring (bicyclic) bond motifs is 1. The molecule has 3 rings (SSSR count). The van der Waals surface area contributed by atoms with Crippen LogP contribution in [0.2, 0.25) is 0 Å². The van der Waals surface area contributed by atoms with Gasteiger partial charge in [0.05, 0.1) is 11.1 Å². The number of H-pyrrole nitrogens is 1. The summed E-state index contributed by atoms with van der Waals surface area (Å²) in [5, 5.41) is 4.37. The topological polar surface area (TPSA) is 85.8 Å². The SMILES string of the molecule is Cc1cc(CCCCn2c(=O)c3cc[nH]c3n(C)c2=O)on1. The fraction of sp³-hybridized carbons (Fsp3) is 0.400. The van der Waals surface area contributed by atoms with Crippen molar-refractivity contribution in [3.63, 3.8) is 0 Å². The van der Waals surface area contributed by atoms with E-state index in [1.807, 2.05) is 13.0 Å². The van der Waals surface area contributed by atoms with Gasteiger partial charge < -0.3 is 9.51 Å². The Morgan fingerprint density at radius 3 is 2.86 bits per heavy atom. The number of unbranched alkanes of at least 4 members (excludes halogenated alkanes) is 1. The first kappa shape index (κ1) is 14.4. The van der Waals surface area contributed by atoms with Gasteiger partial charge in [-0.1, -0.05) is 5.16 Å². The Kier molecular flexibility index (Phi) is 3.70. The Hall–Kier alpha value is -2.57. The Labute approximate surface area is 126 Å². The van der Waals surface area contributed by atoms with Crippen LogP contribution in [-0.4, -0.2) is 19.3 Å². The average Bonchev–Trinajstić information content (AvgIpc) is 3.13. The highest BCUT2D eigenvalue weighted by atomic mass is 16.5. The molecule has 0 aliphatic heterocycles. The minimum absolute atomic E-state index is 0.241. The first-order valence-corrected chi connectivity index (χ1v) is 7.27. The Morgan fingerprint density at radius 2 is 2.14 bits per heavy atom. The van der Waals surface area contributed by atoms with E-state index < -0.39 is 0 Å². The molecular formula is C15H18N4O3. The molecule has 22 heavy (non-hydrogen) atoms. The van der Waals surface area contributed by atoms with E-state index in [0.717, 1.165) is 30.7 Å². The number of nitrogens with zero attached hydrogens (tertiary/aromatic N) is 3. The quantitative estimate of drug-likeness (QED) is 0.721. The standard InChI is InChI=1S/C15H18N4O3/c1-10-9-11(22-17-10)5-3-4-8-19-14(20)12-6-7-16-13(12)18(2)15(19)21/h6-7,9,16H,3-5,8H2,1-2H3. The van der Waals surface area contributed by atoms with Crippen molar-refractivity contribution in [2.24, 2.45) is 7.05 Å². The van der Waals surface area contributed by atoms with Gasteiger partial charge in [-0.25, -0.2) is 4.79 Å². The molecule has 0 saturated heterocycles. The van der Waals surface area contributed by atoms with E-state index >= 15 is 0 Å². The maximum absolute atomic E-state index is 12.3. The zero-order valence-electron chi connectivity index (χ0n) is 12.6. The number of aromatic nitrogens is 4. The van der Waals surface area contributed by atoms with Crippen LogP contribution in [0.25, 0.3) is 11.0 Å². The van der Waals surface area contributed by atoms with E-state index in [4.69, 9.17) is 4.52 Å². The molecule has 0 unspecified atom stereocenters. The largest absolute Gasteiger partial charge is 0.361 e. The van der Waals surface area contributed by atoms with Gasteiger partial charge in [-0.15, -0.1) is 0 Å². The first-order chi connectivity index (χ1) is 10.6. The molecule has 0 aromatic carbocycles. The predicted molar refractivity (Wildman–Crippen MR) is 82.0 cm³/mol. The summed E-state index contributed by atoms with van der Waals surface area (Å²) in [4.78, 5) is 27.5. The summed E-state index contributed by atoms with van der Waals surface area (Å²) in [5.74, 6) is 0.832. The molecule has 3 aromatic rings. The van der Waals surface area contributed by atoms with Crippen molar-refractivity contribution in [2.45, 2.75) is 32.7 Å². The molecule has 3 heterocycles. The fourth-order valence-electron chi connectivity index (χ4n) is 2.62. The summed E-state index contributed by atoms with van der Waals surface area (Å²) < 4.78 is 7.90. The Morgan fingerprint density at radius 1 is 1.32 bits per heavy atom. The first-order valence-electron chi connectivity index (χ1n) is 7.27. The molecule has 0 atom stereocenters. The van der Waals surface area contributed by atoms with Crippen molar-refractivity contribution in [3.8, 4) is 0 Å². The second-order valence-corrected chi connectivity index (χ2v) is 5.43. The maximum atomic E-state index is 12.3. The second kappa shape index (κ2) is 5.67. The molecule has 0 radical (unpaired) electrons. The highest BCUT2D eigenvalue weighted by Gasteiger charge is 2.11. The molecule has 0 saturated carbocycles. The van der Waals surface area contributed by atoms with Crippen molar-refractivity contribution in [2.75, 3.05) is 0 Å². The summed E-state index contributed by atoms with van der Waals surface area (Å²) in [6.45, 7) is 2.28. The van der Waals surface area contributed by atoms with Gasteiger partial charge in [0.2, 0.25) is 0 Å². The van der Waals surface area contributed by atoms with Gasteiger partial charge in [-0.2, -0.15) is 0 Å². The van der Waals surface area contributed by atoms with Crippen molar-refractivity contribution in [3.05, 3.63) is 50.6 Å². The van der Waals surface area contributed by atoms with E-state index in [-0.39, 0.29) is 11.2 Å². The van der Waals surface area contributed by atoms with Gasteiger partial charge in [0.15, 0.2) is 0 Å². The molecule has 0 amide bonds. The number of nitrogens with one attached hydrogen (secondary N) is 1. The Bertz CT molecular complexity index is 913. The van der Waals surface area contributed by atoms with Crippen LogP contribution in [0.15, 0.2) is 32.4 Å². The number of hydrogen-bond acceptors (Lipinski definition) is 4. The highest BCUT2D eigenvalue weighted by Crippen LogP contribution is 2.08. The van der Waals surface area contributed by atoms with Crippen LogP contribution in [-0.2, 0) is 20.0 Å². The van der Waals surface area contributed by atoms with Crippen LogP contribution in [0.5, 0.6) is 0 Å². The molecule has 7 nitrogen and oxygen atoms in total. The van der Waals surface area contributed by atoms with Crippen molar-refractivity contribution in [1.29, 1.82) is 0 Å². The third-order valence-electron chi connectivity index (χ3n) is 3.79. The molecule has 0 fully saturated rings. The van der Waals surface area contributed by atoms with E-state index in [2.05, 4.69) is 10.1 Å². The number of aromatic amines is 1. The lowest BCUT2D eigenvalue weighted by atomic mass is 10.2. The highest BCUT2D eigenvalue weighted by molar-refractivity contribution is 5.74. The Balaban J connectivity index is 1.74. The lowest BCUT2D eigenvalue weighted by Gasteiger charge is -2.08. The van der Waals surface area contributed by atoms with Crippen molar-refractivity contribution >= 4 is 11.0 Å². The van der Waals surface area contributed by atoms with Gasteiger partial charge in [-0.05, 0) is 25.8 Å². The molecule has 0 aliphatic rings. The van der Waals surface area contributed by atoms with E-state index in [1.165, 1.54) is 9.13 Å². The van der Waals surface area contributed by atoms with E-state index in [0.29, 0.717) is 17.6 Å². The normalized spacial score (nSPS) is 11.4. The fourth-order valence-corrected chi connectivity index (χ4v) is 2.62. The summed E-state index contributed by atoms with van der Waals surface area (Å²) >= 11 is 0. The third kappa shape index (κ3) is 2.49. The van der Waals surface area contributed by atoms with Crippen LogP contribution < -0.4 is 11.2 Å². The number of rotatable bonds is 5.